The number of benzene rings is 1. The van der Waals surface area contributed by atoms with Crippen molar-refractivity contribution < 1.29 is 53.1 Å². The molecule has 12 N–H and O–H groups in total. The Morgan fingerprint density at radius 3 is 1.80 bits per heavy atom. The number of carbonyl (C=O) groups is 10. The van der Waals surface area contributed by atoms with Gasteiger partial charge < -0.3 is 53.8 Å². The Morgan fingerprint density at radius 1 is 0.661 bits per heavy atom. The second-order valence-electron chi connectivity index (χ2n) is 15.0. The molecule has 20 nitrogen and oxygen atoms in total. The fourth-order valence-electron chi connectivity index (χ4n) is 6.25. The molecular formula is C39H57N9O11. The average Bonchev–Trinajstić information content (AvgIpc) is 3.17. The summed E-state index contributed by atoms with van der Waals surface area (Å²) >= 11 is 0. The highest BCUT2D eigenvalue weighted by Gasteiger charge is 2.37. The van der Waals surface area contributed by atoms with Crippen LogP contribution in [0.25, 0.3) is 0 Å². The fraction of sp³-hybridized carbons (Fsp3) is 0.538. The molecular weight excluding hydrogens is 770 g/mol. The van der Waals surface area contributed by atoms with Crippen molar-refractivity contribution in [3.05, 3.63) is 48.0 Å². The third-order valence-electron chi connectivity index (χ3n) is 9.43. The minimum Gasteiger partial charge on any atom is -0.480 e. The van der Waals surface area contributed by atoms with Crippen LogP contribution >= 0.6 is 0 Å². The Labute approximate surface area is 342 Å². The molecule has 0 aromatic heterocycles. The third-order valence-corrected chi connectivity index (χ3v) is 9.43. The number of hydrogen-bond acceptors (Lipinski definition) is 10. The Morgan fingerprint density at radius 2 is 1.24 bits per heavy atom. The van der Waals surface area contributed by atoms with E-state index < -0.39 is 115 Å². The normalized spacial score (nSPS) is 15.4. The maximum atomic E-state index is 13.8. The van der Waals surface area contributed by atoms with E-state index in [1.165, 1.54) is 0 Å². The van der Waals surface area contributed by atoms with Crippen LogP contribution < -0.4 is 48.7 Å². The molecule has 0 saturated heterocycles. The Balaban J connectivity index is 2.02. The minimum absolute atomic E-state index is 0.0128. The fourth-order valence-corrected chi connectivity index (χ4v) is 6.25. The van der Waals surface area contributed by atoms with Gasteiger partial charge in [-0.3, -0.25) is 43.2 Å². The summed E-state index contributed by atoms with van der Waals surface area (Å²) in [6.45, 7) is 5.56. The number of nitrogens with two attached hydrogens (primary N) is 2. The number of primary amides is 2. The molecule has 20 heteroatoms. The minimum atomic E-state index is -1.58. The van der Waals surface area contributed by atoms with Gasteiger partial charge in [-0.05, 0) is 36.2 Å². The number of hydrogen-bond donors (Lipinski definition) is 10. The molecule has 1 aliphatic carbocycles. The summed E-state index contributed by atoms with van der Waals surface area (Å²) in [4.78, 5) is 126. The largest absolute Gasteiger partial charge is 0.480 e. The van der Waals surface area contributed by atoms with Crippen LogP contribution in [0, 0.1) is 17.8 Å². The van der Waals surface area contributed by atoms with E-state index in [2.05, 4.69) is 37.2 Å². The van der Waals surface area contributed by atoms with Gasteiger partial charge in [0, 0.05) is 18.6 Å². The number of carbonyl (C=O) groups excluding carboxylic acids is 9. The van der Waals surface area contributed by atoms with Crippen molar-refractivity contribution in [2.24, 2.45) is 29.2 Å². The van der Waals surface area contributed by atoms with E-state index in [4.69, 9.17) is 11.5 Å². The van der Waals surface area contributed by atoms with Crippen LogP contribution in [0.1, 0.15) is 71.8 Å². The third kappa shape index (κ3) is 17.8. The second kappa shape index (κ2) is 24.4. The molecule has 5 atom stereocenters. The molecule has 324 valence electrons. The van der Waals surface area contributed by atoms with Crippen LogP contribution in [0.2, 0.25) is 0 Å². The number of aliphatic carboxylic acids is 1. The van der Waals surface area contributed by atoms with Gasteiger partial charge in [0.05, 0.1) is 19.5 Å². The first-order chi connectivity index (χ1) is 27.8. The van der Waals surface area contributed by atoms with Gasteiger partial charge in [-0.15, -0.1) is 0 Å². The van der Waals surface area contributed by atoms with E-state index in [1.807, 2.05) is 0 Å². The van der Waals surface area contributed by atoms with Crippen molar-refractivity contribution in [1.82, 2.24) is 37.2 Å². The van der Waals surface area contributed by atoms with E-state index in [9.17, 15) is 53.1 Å². The Kier molecular flexibility index (Phi) is 20.2. The monoisotopic (exact) mass is 827 g/mol. The predicted molar refractivity (Wildman–Crippen MR) is 212 cm³/mol. The van der Waals surface area contributed by atoms with Crippen molar-refractivity contribution in [2.75, 3.05) is 13.1 Å². The molecule has 5 unspecified atom stereocenters. The van der Waals surface area contributed by atoms with Gasteiger partial charge in [0.25, 0.3) is 0 Å². The van der Waals surface area contributed by atoms with Crippen LogP contribution in [0.5, 0.6) is 0 Å². The summed E-state index contributed by atoms with van der Waals surface area (Å²) in [7, 11) is 0. The number of amides is 9. The van der Waals surface area contributed by atoms with Gasteiger partial charge in [-0.1, -0.05) is 77.3 Å². The summed E-state index contributed by atoms with van der Waals surface area (Å²) < 4.78 is 0. The molecule has 59 heavy (non-hydrogen) atoms. The molecule has 0 spiro atoms. The zero-order valence-electron chi connectivity index (χ0n) is 33.7. The van der Waals surface area contributed by atoms with Crippen molar-refractivity contribution in [3.8, 4) is 0 Å². The van der Waals surface area contributed by atoms with Crippen LogP contribution in [0.3, 0.4) is 0 Å². The number of nitrogens with one attached hydrogen (secondary N) is 7. The van der Waals surface area contributed by atoms with Gasteiger partial charge in [-0.2, -0.15) is 0 Å². The van der Waals surface area contributed by atoms with Crippen molar-refractivity contribution >= 4 is 59.1 Å². The summed E-state index contributed by atoms with van der Waals surface area (Å²) in [6.07, 6.45) is 4.37. The predicted octanol–water partition coefficient (Wildman–Crippen LogP) is -2.22. The lowest BCUT2D eigenvalue weighted by Crippen LogP contribution is -2.61. The molecule has 2 rings (SSSR count). The molecule has 1 fully saturated rings. The van der Waals surface area contributed by atoms with Gasteiger partial charge in [-0.25, -0.2) is 4.79 Å². The molecule has 0 radical (unpaired) electrons. The lowest BCUT2D eigenvalue weighted by atomic mass is 9.83. The maximum absolute atomic E-state index is 13.8. The quantitative estimate of drug-likeness (QED) is 0.0527. The smallest absolute Gasteiger partial charge is 0.326 e. The molecule has 0 bridgehead atoms. The molecule has 1 aliphatic rings. The summed E-state index contributed by atoms with van der Waals surface area (Å²) in [5.74, 6) is -9.92. The Bertz CT molecular complexity index is 1710. The van der Waals surface area contributed by atoms with E-state index in [1.54, 1.807) is 58.0 Å². The average molecular weight is 828 g/mol. The van der Waals surface area contributed by atoms with Gasteiger partial charge in [0.15, 0.2) is 0 Å². The van der Waals surface area contributed by atoms with Crippen LogP contribution in [0.4, 0.5) is 0 Å². The summed E-state index contributed by atoms with van der Waals surface area (Å²) in [6, 6.07) is 2.47. The van der Waals surface area contributed by atoms with E-state index >= 15 is 0 Å². The molecule has 0 heterocycles. The van der Waals surface area contributed by atoms with Crippen LogP contribution in [0.15, 0.2) is 42.5 Å². The highest BCUT2D eigenvalue weighted by Crippen LogP contribution is 2.27. The first-order valence-corrected chi connectivity index (χ1v) is 19.4. The van der Waals surface area contributed by atoms with E-state index in [0.717, 1.165) is 31.4 Å². The number of carboxylic acids is 1. The van der Waals surface area contributed by atoms with Crippen molar-refractivity contribution in [3.63, 3.8) is 0 Å². The lowest BCUT2D eigenvalue weighted by Gasteiger charge is -2.33. The molecule has 0 aliphatic heterocycles. The standard InChI is InChI=1S/C39H57N9O11/c1-21(2)32(35(41)54)46-37(56)33(22(3)4)47-38(57)34(24-13-9-6-10-14-24)48-36(55)25(18-27(40)49)44-29(51)16-15-28(50)42-19-30(52)43-20-31(53)45-26(39(58)59)17-23-11-7-5-8-12-23/h5,7-8,11-12,15-16,21-22,24-26,32-34H,6,9-10,13-14,17-20H2,1-4H3,(H2,40,49)(H2,41,54)(H,42,50)(H,43,52)(H,44,51)(H,45,53)(H,46,56)(H,47,57)(H,48,55)(H,58,59). The molecule has 9 amide bonds. The topological polar surface area (TPSA) is 327 Å². The summed E-state index contributed by atoms with van der Waals surface area (Å²) in [5.41, 5.74) is 11.5. The zero-order chi connectivity index (χ0) is 44.2. The first kappa shape index (κ1) is 48.8. The lowest BCUT2D eigenvalue weighted by molar-refractivity contribution is -0.141. The van der Waals surface area contributed by atoms with E-state index in [-0.39, 0.29) is 18.3 Å². The summed E-state index contributed by atoms with van der Waals surface area (Å²) in [5, 5.41) is 26.4. The van der Waals surface area contributed by atoms with E-state index in [0.29, 0.717) is 18.4 Å². The van der Waals surface area contributed by atoms with Gasteiger partial charge in [0.2, 0.25) is 53.2 Å². The van der Waals surface area contributed by atoms with Crippen LogP contribution in [-0.4, -0.2) is 108 Å². The maximum Gasteiger partial charge on any atom is 0.326 e. The van der Waals surface area contributed by atoms with Crippen LogP contribution in [-0.2, 0) is 54.4 Å². The number of rotatable bonds is 23. The van der Waals surface area contributed by atoms with Gasteiger partial charge >= 0.3 is 5.97 Å². The Hall–Kier alpha value is -6.34. The second-order valence-corrected chi connectivity index (χ2v) is 15.0. The highest BCUT2D eigenvalue weighted by molar-refractivity contribution is 6.01. The SMILES string of the molecule is CC(C)C(NC(=O)C(NC(=O)C(NC(=O)C(CC(N)=O)NC(=O)C=CC(=O)NCC(=O)NCC(=O)NC(Cc1ccccc1)C(=O)O)C1CCCCC1)C(C)C)C(N)=O. The zero-order valence-corrected chi connectivity index (χ0v) is 33.7. The number of carboxylic acid groups (broad SMARTS) is 1. The molecule has 1 aromatic carbocycles. The molecule has 1 saturated carbocycles. The highest BCUT2D eigenvalue weighted by atomic mass is 16.4. The van der Waals surface area contributed by atoms with Crippen molar-refractivity contribution in [2.45, 2.75) is 103 Å². The molecule has 1 aromatic rings. The first-order valence-electron chi connectivity index (χ1n) is 19.4. The van der Waals surface area contributed by atoms with Gasteiger partial charge in [0.1, 0.15) is 30.2 Å². The van der Waals surface area contributed by atoms with Crippen molar-refractivity contribution in [1.29, 1.82) is 0 Å².